The van der Waals surface area contributed by atoms with Crippen molar-refractivity contribution in [3.63, 3.8) is 0 Å². The van der Waals surface area contributed by atoms with Crippen LogP contribution < -0.4 is 5.32 Å². The Morgan fingerprint density at radius 2 is 2.11 bits per heavy atom. The molecule has 2 aromatic rings. The zero-order chi connectivity index (χ0) is 12.4. The lowest BCUT2D eigenvalue weighted by atomic mass is 10.2. The van der Waals surface area contributed by atoms with E-state index in [1.807, 2.05) is 30.3 Å². The van der Waals surface area contributed by atoms with Gasteiger partial charge in [0.25, 0.3) is 5.91 Å². The Balaban J connectivity index is 1.74. The number of benzene rings is 1. The molecule has 18 heavy (non-hydrogen) atoms. The number of para-hydroxylation sites is 1. The lowest BCUT2D eigenvalue weighted by Crippen LogP contribution is -2.48. The van der Waals surface area contributed by atoms with Gasteiger partial charge in [-0.05, 0) is 12.1 Å². The molecular formula is C12H12N4O2. The number of carbonyl (C=O) groups is 1. The lowest BCUT2D eigenvalue weighted by molar-refractivity contribution is -0.00355. The largest absolute Gasteiger partial charge is 0.377 e. The minimum Gasteiger partial charge on any atom is -0.377 e. The molecule has 0 spiro atoms. The van der Waals surface area contributed by atoms with Crippen molar-refractivity contribution in [1.82, 2.24) is 20.3 Å². The molecule has 1 amide bonds. The highest BCUT2D eigenvalue weighted by Gasteiger charge is 2.22. The zero-order valence-electron chi connectivity index (χ0n) is 9.61. The summed E-state index contributed by atoms with van der Waals surface area (Å²) in [6.45, 7) is 1.14. The third-order valence-electron chi connectivity index (χ3n) is 2.72. The molecule has 1 fully saturated rings. The van der Waals surface area contributed by atoms with Crippen molar-refractivity contribution in [2.45, 2.75) is 6.04 Å². The fourth-order valence-electron chi connectivity index (χ4n) is 1.65. The molecule has 6 nitrogen and oxygen atoms in total. The monoisotopic (exact) mass is 244 g/mol. The van der Waals surface area contributed by atoms with Crippen LogP contribution in [-0.4, -0.2) is 40.2 Å². The van der Waals surface area contributed by atoms with Gasteiger partial charge in [0.2, 0.25) is 0 Å². The highest BCUT2D eigenvalue weighted by molar-refractivity contribution is 5.92. The smallest absolute Gasteiger partial charge is 0.273 e. The summed E-state index contributed by atoms with van der Waals surface area (Å²) >= 11 is 0. The van der Waals surface area contributed by atoms with E-state index in [9.17, 15) is 4.79 Å². The van der Waals surface area contributed by atoms with E-state index in [-0.39, 0.29) is 11.9 Å². The van der Waals surface area contributed by atoms with Crippen molar-refractivity contribution in [3.8, 4) is 5.69 Å². The first-order chi connectivity index (χ1) is 8.83. The molecule has 3 rings (SSSR count). The van der Waals surface area contributed by atoms with Crippen molar-refractivity contribution in [1.29, 1.82) is 0 Å². The quantitative estimate of drug-likeness (QED) is 0.848. The maximum atomic E-state index is 11.8. The van der Waals surface area contributed by atoms with Gasteiger partial charge in [-0.25, -0.2) is 4.68 Å². The third-order valence-corrected chi connectivity index (χ3v) is 2.72. The summed E-state index contributed by atoms with van der Waals surface area (Å²) < 4.78 is 6.57. The molecule has 0 unspecified atom stereocenters. The van der Waals surface area contributed by atoms with E-state index in [0.29, 0.717) is 18.9 Å². The van der Waals surface area contributed by atoms with Gasteiger partial charge in [0, 0.05) is 0 Å². The Morgan fingerprint density at radius 1 is 1.33 bits per heavy atom. The van der Waals surface area contributed by atoms with Crippen molar-refractivity contribution < 1.29 is 9.53 Å². The molecule has 0 saturated carbocycles. The van der Waals surface area contributed by atoms with Crippen LogP contribution in [0.3, 0.4) is 0 Å². The maximum Gasteiger partial charge on any atom is 0.273 e. The maximum absolute atomic E-state index is 11.8. The van der Waals surface area contributed by atoms with E-state index < -0.39 is 0 Å². The SMILES string of the molecule is O=C(NC1COC1)c1cn(-c2ccccc2)nn1. The van der Waals surface area contributed by atoms with E-state index >= 15 is 0 Å². The second-order valence-electron chi connectivity index (χ2n) is 4.09. The molecule has 0 aliphatic carbocycles. The van der Waals surface area contributed by atoms with Crippen LogP contribution in [0.15, 0.2) is 36.5 Å². The first kappa shape index (κ1) is 10.9. The molecule has 1 aromatic heterocycles. The summed E-state index contributed by atoms with van der Waals surface area (Å²) in [4.78, 5) is 11.8. The Kier molecular flexibility index (Phi) is 2.77. The highest BCUT2D eigenvalue weighted by atomic mass is 16.5. The molecule has 1 aliphatic heterocycles. The van der Waals surface area contributed by atoms with Crippen molar-refractivity contribution >= 4 is 5.91 Å². The van der Waals surface area contributed by atoms with E-state index in [1.165, 1.54) is 0 Å². The summed E-state index contributed by atoms with van der Waals surface area (Å²) in [6, 6.07) is 9.63. The molecule has 2 heterocycles. The Bertz CT molecular complexity index is 548. The number of hydrogen-bond donors (Lipinski definition) is 1. The number of ether oxygens (including phenoxy) is 1. The van der Waals surface area contributed by atoms with Crippen LogP contribution in [0.25, 0.3) is 5.69 Å². The van der Waals surface area contributed by atoms with Gasteiger partial charge in [-0.3, -0.25) is 4.79 Å². The highest BCUT2D eigenvalue weighted by Crippen LogP contribution is 2.06. The minimum atomic E-state index is -0.217. The Morgan fingerprint density at radius 3 is 2.78 bits per heavy atom. The first-order valence-electron chi connectivity index (χ1n) is 5.69. The predicted molar refractivity (Wildman–Crippen MR) is 63.4 cm³/mol. The molecule has 92 valence electrons. The van der Waals surface area contributed by atoms with Crippen LogP contribution >= 0.6 is 0 Å². The fourth-order valence-corrected chi connectivity index (χ4v) is 1.65. The van der Waals surface area contributed by atoms with Crippen molar-refractivity contribution in [3.05, 3.63) is 42.2 Å². The van der Waals surface area contributed by atoms with Gasteiger partial charge >= 0.3 is 0 Å². The van der Waals surface area contributed by atoms with Crippen LogP contribution in [0, 0.1) is 0 Å². The standard InChI is InChI=1S/C12H12N4O2/c17-12(13-9-7-18-8-9)11-6-16(15-14-11)10-4-2-1-3-5-10/h1-6,9H,7-8H2,(H,13,17). The van der Waals surface area contributed by atoms with Gasteiger partial charge in [0.05, 0.1) is 31.1 Å². The summed E-state index contributed by atoms with van der Waals surface area (Å²) in [5.41, 5.74) is 1.18. The molecule has 1 N–H and O–H groups in total. The van der Waals surface area contributed by atoms with Gasteiger partial charge in [0.15, 0.2) is 5.69 Å². The van der Waals surface area contributed by atoms with Gasteiger partial charge in [0.1, 0.15) is 0 Å². The predicted octanol–water partition coefficient (Wildman–Crippen LogP) is 0.396. The topological polar surface area (TPSA) is 69.0 Å². The van der Waals surface area contributed by atoms with Crippen LogP contribution in [-0.2, 0) is 4.74 Å². The molecule has 0 bridgehead atoms. The van der Waals surface area contributed by atoms with Crippen LogP contribution in [0.1, 0.15) is 10.5 Å². The fraction of sp³-hybridized carbons (Fsp3) is 0.250. The Hall–Kier alpha value is -2.21. The number of carbonyl (C=O) groups excluding carboxylic acids is 1. The summed E-state index contributed by atoms with van der Waals surface area (Å²) in [6.07, 6.45) is 1.62. The summed E-state index contributed by atoms with van der Waals surface area (Å²) in [7, 11) is 0. The third kappa shape index (κ3) is 2.10. The molecule has 1 aromatic carbocycles. The minimum absolute atomic E-state index is 0.0966. The van der Waals surface area contributed by atoms with Crippen molar-refractivity contribution in [2.75, 3.05) is 13.2 Å². The number of nitrogens with zero attached hydrogens (tertiary/aromatic N) is 3. The van der Waals surface area contributed by atoms with Crippen LogP contribution in [0.4, 0.5) is 0 Å². The lowest BCUT2D eigenvalue weighted by Gasteiger charge is -2.26. The second kappa shape index (κ2) is 4.58. The second-order valence-corrected chi connectivity index (χ2v) is 4.09. The van der Waals surface area contributed by atoms with Gasteiger partial charge in [-0.2, -0.15) is 0 Å². The van der Waals surface area contributed by atoms with Crippen molar-refractivity contribution in [2.24, 2.45) is 0 Å². The molecule has 6 heteroatoms. The number of aromatic nitrogens is 3. The number of rotatable bonds is 3. The van der Waals surface area contributed by atoms with Crippen LogP contribution in [0.2, 0.25) is 0 Å². The molecular weight excluding hydrogens is 232 g/mol. The summed E-state index contributed by atoms with van der Waals surface area (Å²) in [5.74, 6) is -0.217. The van der Waals surface area contributed by atoms with E-state index in [0.717, 1.165) is 5.69 Å². The molecule has 0 atom stereocenters. The average molecular weight is 244 g/mol. The number of amides is 1. The molecule has 1 saturated heterocycles. The molecule has 1 aliphatic rings. The molecule has 0 radical (unpaired) electrons. The van der Waals surface area contributed by atoms with E-state index in [1.54, 1.807) is 10.9 Å². The van der Waals surface area contributed by atoms with E-state index in [2.05, 4.69) is 15.6 Å². The first-order valence-corrected chi connectivity index (χ1v) is 5.69. The van der Waals surface area contributed by atoms with Crippen LogP contribution in [0.5, 0.6) is 0 Å². The number of hydrogen-bond acceptors (Lipinski definition) is 4. The van der Waals surface area contributed by atoms with Gasteiger partial charge in [-0.1, -0.05) is 23.4 Å². The normalized spacial score (nSPS) is 15.1. The zero-order valence-corrected chi connectivity index (χ0v) is 9.61. The number of nitrogens with one attached hydrogen (secondary N) is 1. The average Bonchev–Trinajstić information content (AvgIpc) is 2.84. The Labute approximate surface area is 104 Å². The van der Waals surface area contributed by atoms with Gasteiger partial charge < -0.3 is 10.1 Å². The summed E-state index contributed by atoms with van der Waals surface area (Å²) in [5, 5.41) is 10.6. The van der Waals surface area contributed by atoms with Gasteiger partial charge in [-0.15, -0.1) is 5.10 Å². The van der Waals surface area contributed by atoms with E-state index in [4.69, 9.17) is 4.74 Å².